The molecule has 0 fully saturated rings. The summed E-state index contributed by atoms with van der Waals surface area (Å²) in [5.41, 5.74) is 1.67. The van der Waals surface area contributed by atoms with E-state index >= 15 is 0 Å². The number of thioether (sulfide) groups is 1. The van der Waals surface area contributed by atoms with E-state index in [1.54, 1.807) is 19.1 Å². The molecule has 2 rings (SSSR count). The van der Waals surface area contributed by atoms with Crippen LogP contribution in [0.1, 0.15) is 42.1 Å². The van der Waals surface area contributed by atoms with Crippen LogP contribution in [0.25, 0.3) is 0 Å². The van der Waals surface area contributed by atoms with E-state index in [9.17, 15) is 9.59 Å². The van der Waals surface area contributed by atoms with Gasteiger partial charge in [-0.2, -0.15) is 0 Å². The van der Waals surface area contributed by atoms with Gasteiger partial charge in [0.2, 0.25) is 0 Å². The lowest BCUT2D eigenvalue weighted by Gasteiger charge is -2.19. The van der Waals surface area contributed by atoms with Crippen LogP contribution in [0, 0.1) is 0 Å². The van der Waals surface area contributed by atoms with Crippen LogP contribution >= 0.6 is 11.8 Å². The van der Waals surface area contributed by atoms with Gasteiger partial charge in [-0.1, -0.05) is 49.4 Å². The molecule has 0 bridgehead atoms. The second-order valence-electron chi connectivity index (χ2n) is 6.01. The first-order chi connectivity index (χ1) is 12.6. The number of benzene rings is 2. The van der Waals surface area contributed by atoms with Crippen LogP contribution in [0.4, 0.5) is 0 Å². The lowest BCUT2D eigenvalue weighted by atomic mass is 9.96. The van der Waals surface area contributed by atoms with Crippen molar-refractivity contribution in [2.45, 2.75) is 37.2 Å². The van der Waals surface area contributed by atoms with Crippen LogP contribution in [-0.4, -0.2) is 30.8 Å². The van der Waals surface area contributed by atoms with Crippen LogP contribution in [0.2, 0.25) is 0 Å². The Kier molecular flexibility index (Phi) is 7.73. The molecule has 1 N–H and O–H groups in total. The molecule has 4 nitrogen and oxygen atoms in total. The minimum absolute atomic E-state index is 0.236. The van der Waals surface area contributed by atoms with E-state index in [-0.39, 0.29) is 11.8 Å². The third-order valence-corrected chi connectivity index (χ3v) is 5.06. The number of carbonyl (C=O) groups is 2. The lowest BCUT2D eigenvalue weighted by Crippen LogP contribution is -2.38. The second-order valence-corrected chi connectivity index (χ2v) is 6.86. The maximum atomic E-state index is 12.3. The summed E-state index contributed by atoms with van der Waals surface area (Å²) in [5.74, 6) is -0.526. The monoisotopic (exact) mass is 371 g/mol. The summed E-state index contributed by atoms with van der Waals surface area (Å²) in [6.07, 6.45) is 1.97. The molecule has 0 saturated heterocycles. The standard InChI is InChI=1S/C21H25NO3S/c1-4-16(17-10-6-5-7-11-17)14-22-20(23)15(2)25-21(24)18-12-8-9-13-19(18)26-3/h5-13,15-16H,4,14H2,1-3H3,(H,22,23)/t15-,16-/m1/s1. The molecule has 2 atom stereocenters. The number of carbonyl (C=O) groups excluding carboxylic acids is 2. The molecular weight excluding hydrogens is 346 g/mol. The van der Waals surface area contributed by atoms with Gasteiger partial charge in [0, 0.05) is 17.4 Å². The minimum atomic E-state index is -0.842. The Labute approximate surface area is 159 Å². The fourth-order valence-corrected chi connectivity index (χ4v) is 3.27. The second kappa shape index (κ2) is 10.0. The molecule has 0 radical (unpaired) electrons. The first kappa shape index (κ1) is 20.0. The average Bonchev–Trinajstić information content (AvgIpc) is 2.68. The van der Waals surface area contributed by atoms with Crippen molar-refractivity contribution in [2.24, 2.45) is 0 Å². The zero-order valence-corrected chi connectivity index (χ0v) is 16.2. The topological polar surface area (TPSA) is 55.4 Å². The molecule has 0 aromatic heterocycles. The van der Waals surface area contributed by atoms with E-state index in [1.165, 1.54) is 17.3 Å². The van der Waals surface area contributed by atoms with Gasteiger partial charge in [0.15, 0.2) is 6.10 Å². The van der Waals surface area contributed by atoms with Gasteiger partial charge in [0.25, 0.3) is 5.91 Å². The number of rotatable bonds is 8. The van der Waals surface area contributed by atoms with Crippen LogP contribution in [0.5, 0.6) is 0 Å². The Balaban J connectivity index is 1.92. The summed E-state index contributed by atoms with van der Waals surface area (Å²) in [6, 6.07) is 17.3. The fourth-order valence-electron chi connectivity index (χ4n) is 2.68. The van der Waals surface area contributed by atoms with Crippen molar-refractivity contribution in [1.29, 1.82) is 0 Å². The van der Waals surface area contributed by atoms with Crippen LogP contribution in [0.3, 0.4) is 0 Å². The predicted molar refractivity (Wildman–Crippen MR) is 106 cm³/mol. The Morgan fingerprint density at radius 3 is 2.38 bits per heavy atom. The largest absolute Gasteiger partial charge is 0.449 e. The Morgan fingerprint density at radius 2 is 1.73 bits per heavy atom. The van der Waals surface area contributed by atoms with Crippen LogP contribution in [-0.2, 0) is 9.53 Å². The summed E-state index contributed by atoms with van der Waals surface area (Å²) >= 11 is 1.47. The number of esters is 1. The molecule has 2 aromatic carbocycles. The molecule has 5 heteroatoms. The van der Waals surface area contributed by atoms with Gasteiger partial charge in [-0.3, -0.25) is 4.79 Å². The first-order valence-electron chi connectivity index (χ1n) is 8.73. The quantitative estimate of drug-likeness (QED) is 0.556. The third-order valence-electron chi connectivity index (χ3n) is 4.27. The van der Waals surface area contributed by atoms with Gasteiger partial charge in [0.05, 0.1) is 5.56 Å². The van der Waals surface area contributed by atoms with Gasteiger partial charge in [-0.25, -0.2) is 4.79 Å². The Hall–Kier alpha value is -2.27. The molecule has 0 aliphatic carbocycles. The molecule has 138 valence electrons. The van der Waals surface area contributed by atoms with Gasteiger partial charge < -0.3 is 10.1 Å². The molecule has 26 heavy (non-hydrogen) atoms. The smallest absolute Gasteiger partial charge is 0.340 e. The van der Waals surface area contributed by atoms with Gasteiger partial charge in [-0.05, 0) is 37.3 Å². The maximum absolute atomic E-state index is 12.3. The number of amides is 1. The molecular formula is C21H25NO3S. The number of nitrogens with one attached hydrogen (secondary N) is 1. The first-order valence-corrected chi connectivity index (χ1v) is 9.96. The Morgan fingerprint density at radius 1 is 1.08 bits per heavy atom. The highest BCUT2D eigenvalue weighted by Crippen LogP contribution is 2.21. The number of ether oxygens (including phenoxy) is 1. The van der Waals surface area contributed by atoms with Crippen molar-refractivity contribution in [1.82, 2.24) is 5.32 Å². The normalized spacial score (nSPS) is 12.9. The minimum Gasteiger partial charge on any atom is -0.449 e. The van der Waals surface area contributed by atoms with Crippen molar-refractivity contribution >= 4 is 23.6 Å². The SMILES string of the molecule is CC[C@H](CNC(=O)[C@@H](C)OC(=O)c1ccccc1SC)c1ccccc1. The summed E-state index contributed by atoms with van der Waals surface area (Å²) < 4.78 is 5.35. The maximum Gasteiger partial charge on any atom is 0.340 e. The average molecular weight is 372 g/mol. The van der Waals surface area contributed by atoms with Gasteiger partial charge in [0.1, 0.15) is 0 Å². The van der Waals surface area contributed by atoms with E-state index in [1.807, 2.05) is 36.6 Å². The van der Waals surface area contributed by atoms with E-state index < -0.39 is 12.1 Å². The molecule has 0 unspecified atom stereocenters. The van der Waals surface area contributed by atoms with Crippen molar-refractivity contribution in [3.8, 4) is 0 Å². The van der Waals surface area contributed by atoms with Gasteiger partial charge >= 0.3 is 5.97 Å². The van der Waals surface area contributed by atoms with Gasteiger partial charge in [-0.15, -0.1) is 11.8 Å². The van der Waals surface area contributed by atoms with Crippen LogP contribution in [0.15, 0.2) is 59.5 Å². The van der Waals surface area contributed by atoms with Crippen molar-refractivity contribution in [3.05, 3.63) is 65.7 Å². The summed E-state index contributed by atoms with van der Waals surface area (Å²) in [5, 5.41) is 2.90. The summed E-state index contributed by atoms with van der Waals surface area (Å²) in [4.78, 5) is 25.5. The lowest BCUT2D eigenvalue weighted by molar-refractivity contribution is -0.129. The van der Waals surface area contributed by atoms with E-state index in [0.29, 0.717) is 12.1 Å². The molecule has 0 heterocycles. The zero-order chi connectivity index (χ0) is 18.9. The molecule has 0 saturated carbocycles. The number of hydrogen-bond donors (Lipinski definition) is 1. The van der Waals surface area contributed by atoms with E-state index in [2.05, 4.69) is 24.4 Å². The molecule has 0 aliphatic rings. The number of hydrogen-bond acceptors (Lipinski definition) is 4. The molecule has 1 amide bonds. The van der Waals surface area contributed by atoms with Crippen molar-refractivity contribution in [3.63, 3.8) is 0 Å². The molecule has 0 aliphatic heterocycles. The highest BCUT2D eigenvalue weighted by Gasteiger charge is 2.21. The third kappa shape index (κ3) is 5.36. The molecule has 2 aromatic rings. The summed E-state index contributed by atoms with van der Waals surface area (Å²) in [6.45, 7) is 4.20. The fraction of sp³-hybridized carbons (Fsp3) is 0.333. The predicted octanol–water partition coefficient (Wildman–Crippen LogP) is 4.26. The van der Waals surface area contributed by atoms with E-state index in [4.69, 9.17) is 4.74 Å². The van der Waals surface area contributed by atoms with Crippen molar-refractivity contribution in [2.75, 3.05) is 12.8 Å². The van der Waals surface area contributed by atoms with Crippen molar-refractivity contribution < 1.29 is 14.3 Å². The molecule has 0 spiro atoms. The van der Waals surface area contributed by atoms with Crippen LogP contribution < -0.4 is 5.32 Å². The zero-order valence-electron chi connectivity index (χ0n) is 15.4. The van der Waals surface area contributed by atoms with E-state index in [0.717, 1.165) is 11.3 Å². The Bertz CT molecular complexity index is 733. The summed E-state index contributed by atoms with van der Waals surface area (Å²) in [7, 11) is 0. The highest BCUT2D eigenvalue weighted by atomic mass is 32.2. The highest BCUT2D eigenvalue weighted by molar-refractivity contribution is 7.98.